The molecule has 1 unspecified atom stereocenters. The first-order valence-electron chi connectivity index (χ1n) is 9.99. The van der Waals surface area contributed by atoms with E-state index >= 15 is 0 Å². The Morgan fingerprint density at radius 3 is 2.42 bits per heavy atom. The van der Waals surface area contributed by atoms with Crippen LogP contribution in [-0.4, -0.2) is 42.0 Å². The Morgan fingerprint density at radius 1 is 1.12 bits per heavy atom. The highest BCUT2D eigenvalue weighted by atomic mass is 35.5. The molecule has 0 aliphatic carbocycles. The van der Waals surface area contributed by atoms with Crippen LogP contribution in [0.1, 0.15) is 22.3 Å². The van der Waals surface area contributed by atoms with Crippen LogP contribution in [-0.2, 0) is 9.53 Å². The number of ether oxygens (including phenoxy) is 1. The number of aromatic nitrogens is 2. The second-order valence-corrected chi connectivity index (χ2v) is 7.82. The normalized spacial score (nSPS) is 11.8. The fraction of sp³-hybridized carbons (Fsp3) is 0.167. The molecule has 1 amide bonds. The zero-order valence-electron chi connectivity index (χ0n) is 18.0. The molecule has 0 saturated carbocycles. The van der Waals surface area contributed by atoms with Gasteiger partial charge in [0.1, 0.15) is 18.2 Å². The molecule has 0 radical (unpaired) electrons. The second-order valence-electron chi connectivity index (χ2n) is 7.00. The van der Waals surface area contributed by atoms with E-state index in [1.165, 1.54) is 13.4 Å². The molecule has 1 N–H and O–H groups in total. The number of methoxy groups -OCH3 is 1. The fourth-order valence-corrected chi connectivity index (χ4v) is 3.63. The highest BCUT2D eigenvalue weighted by Crippen LogP contribution is 2.24. The minimum atomic E-state index is -0.894. The molecule has 2 aromatic carbocycles. The lowest BCUT2D eigenvalue weighted by molar-refractivity contribution is -0.142. The minimum absolute atomic E-state index is 0.113. The summed E-state index contributed by atoms with van der Waals surface area (Å²) in [7, 11) is 3.18. The monoisotopic (exact) mass is 484 g/mol. The van der Waals surface area contributed by atoms with Gasteiger partial charge in [0.2, 0.25) is 0 Å². The van der Waals surface area contributed by atoms with Gasteiger partial charge >= 0.3 is 5.97 Å². The lowest BCUT2D eigenvalue weighted by atomic mass is 10.1. The van der Waals surface area contributed by atoms with E-state index in [0.29, 0.717) is 0 Å². The first-order chi connectivity index (χ1) is 15.9. The summed E-state index contributed by atoms with van der Waals surface area (Å²) in [5.41, 5.74) is 2.00. The summed E-state index contributed by atoms with van der Waals surface area (Å²) in [6.45, 7) is 0. The number of hydrogen-bond donors (Lipinski definition) is 1. The topological polar surface area (TPSA) is 84.4 Å². The smallest absolute Gasteiger partial charge is 0.328 e. The van der Waals surface area contributed by atoms with Crippen LogP contribution in [0, 0.1) is 0 Å². The maximum Gasteiger partial charge on any atom is 0.328 e. The number of anilines is 2. The van der Waals surface area contributed by atoms with Crippen molar-refractivity contribution >= 4 is 52.7 Å². The van der Waals surface area contributed by atoms with E-state index in [9.17, 15) is 9.59 Å². The Balaban J connectivity index is 1.66. The predicted molar refractivity (Wildman–Crippen MR) is 130 cm³/mol. The molecule has 170 valence electrons. The zero-order valence-corrected chi connectivity index (χ0v) is 19.5. The van der Waals surface area contributed by atoms with E-state index < -0.39 is 17.9 Å². The number of hydrogen-bond acceptors (Lipinski definition) is 6. The summed E-state index contributed by atoms with van der Waals surface area (Å²) >= 11 is 12.2. The van der Waals surface area contributed by atoms with Crippen molar-refractivity contribution in [3.8, 4) is 0 Å². The number of halogens is 2. The third-order valence-electron chi connectivity index (χ3n) is 4.85. The van der Waals surface area contributed by atoms with Crippen molar-refractivity contribution in [1.82, 2.24) is 15.3 Å². The molecular formula is C24H22Cl2N4O3. The molecule has 0 saturated heterocycles. The summed E-state index contributed by atoms with van der Waals surface area (Å²) in [4.78, 5) is 34.9. The molecule has 0 spiro atoms. The van der Waals surface area contributed by atoms with Crippen LogP contribution in [0.5, 0.6) is 0 Å². The van der Waals surface area contributed by atoms with Crippen molar-refractivity contribution in [3.63, 3.8) is 0 Å². The summed E-state index contributed by atoms with van der Waals surface area (Å²) in [6.07, 6.45) is 7.06. The lowest BCUT2D eigenvalue weighted by Crippen LogP contribution is -2.41. The first-order valence-corrected chi connectivity index (χ1v) is 10.8. The summed E-state index contributed by atoms with van der Waals surface area (Å²) in [6, 6.07) is 13.5. The van der Waals surface area contributed by atoms with E-state index in [1.54, 1.807) is 30.5 Å². The van der Waals surface area contributed by atoms with Crippen molar-refractivity contribution in [2.75, 3.05) is 19.1 Å². The summed E-state index contributed by atoms with van der Waals surface area (Å²) in [5, 5.41) is 3.04. The van der Waals surface area contributed by atoms with Gasteiger partial charge in [0.15, 0.2) is 0 Å². The van der Waals surface area contributed by atoms with E-state index in [0.717, 1.165) is 17.1 Å². The van der Waals surface area contributed by atoms with E-state index in [-0.39, 0.29) is 22.0 Å². The van der Waals surface area contributed by atoms with Crippen molar-refractivity contribution in [3.05, 3.63) is 88.3 Å². The van der Waals surface area contributed by atoms with Gasteiger partial charge in [-0.3, -0.25) is 4.79 Å². The largest absolute Gasteiger partial charge is 0.467 e. The molecule has 9 heteroatoms. The summed E-state index contributed by atoms with van der Waals surface area (Å²) in [5.74, 6) is -0.340. The molecule has 1 heterocycles. The molecular weight excluding hydrogens is 463 g/mol. The highest BCUT2D eigenvalue weighted by Gasteiger charge is 2.23. The molecule has 7 nitrogen and oxygen atoms in total. The van der Waals surface area contributed by atoms with Crippen molar-refractivity contribution < 1.29 is 14.3 Å². The SMILES string of the molecule is COC(=O)C(C/C=C/c1ccc(N(C)c2ccncn2)cc1)NC(=O)c1c(Cl)cccc1Cl. The number of nitrogens with zero attached hydrogens (tertiary/aromatic N) is 3. The van der Waals surface area contributed by atoms with Crippen molar-refractivity contribution in [1.29, 1.82) is 0 Å². The Labute approximate surface area is 202 Å². The summed E-state index contributed by atoms with van der Waals surface area (Å²) < 4.78 is 4.83. The molecule has 1 aromatic heterocycles. The lowest BCUT2D eigenvalue weighted by Gasteiger charge is -2.18. The third-order valence-corrected chi connectivity index (χ3v) is 5.48. The number of carbonyl (C=O) groups excluding carboxylic acids is 2. The number of amides is 1. The van der Waals surface area contributed by atoms with Crippen LogP contribution in [0.2, 0.25) is 10.0 Å². The molecule has 0 fully saturated rings. The number of rotatable bonds is 8. The molecule has 0 aliphatic heterocycles. The minimum Gasteiger partial charge on any atom is -0.467 e. The average molecular weight is 485 g/mol. The predicted octanol–water partition coefficient (Wildman–Crippen LogP) is 4.93. The molecule has 3 rings (SSSR count). The molecule has 1 atom stereocenters. The number of carbonyl (C=O) groups is 2. The van der Waals surface area contributed by atoms with Crippen LogP contribution in [0.3, 0.4) is 0 Å². The zero-order chi connectivity index (χ0) is 23.8. The number of nitrogens with one attached hydrogen (secondary N) is 1. The maximum atomic E-state index is 12.6. The molecule has 3 aromatic rings. The van der Waals surface area contributed by atoms with Gasteiger partial charge in [-0.1, -0.05) is 53.6 Å². The Kier molecular flexibility index (Phi) is 8.40. The Morgan fingerprint density at radius 2 is 1.82 bits per heavy atom. The van der Waals surface area contributed by atoms with Gasteiger partial charge in [-0.2, -0.15) is 0 Å². The highest BCUT2D eigenvalue weighted by molar-refractivity contribution is 6.39. The Hall–Kier alpha value is -3.42. The first kappa shape index (κ1) is 24.2. The van der Waals surface area contributed by atoms with Gasteiger partial charge in [-0.15, -0.1) is 0 Å². The molecule has 0 bridgehead atoms. The number of esters is 1. The van der Waals surface area contributed by atoms with Crippen LogP contribution >= 0.6 is 23.2 Å². The van der Waals surface area contributed by atoms with Gasteiger partial charge in [-0.25, -0.2) is 14.8 Å². The standard InChI is InChI=1S/C24H22Cl2N4O3/c1-30(21-13-14-27-15-28-21)17-11-9-16(10-12-17)5-3-8-20(24(32)33-2)29-23(31)22-18(25)6-4-7-19(22)26/h3-7,9-15,20H,8H2,1-2H3,(H,29,31)/b5-3+. The van der Waals surface area contributed by atoms with E-state index in [4.69, 9.17) is 27.9 Å². The molecule has 0 aliphatic rings. The molecule has 33 heavy (non-hydrogen) atoms. The van der Waals surface area contributed by atoms with Crippen molar-refractivity contribution in [2.24, 2.45) is 0 Å². The second kappa shape index (κ2) is 11.4. The van der Waals surface area contributed by atoms with E-state index in [2.05, 4.69) is 15.3 Å². The van der Waals surface area contributed by atoms with Crippen LogP contribution in [0.15, 0.2) is 67.1 Å². The maximum absolute atomic E-state index is 12.6. The number of benzene rings is 2. The van der Waals surface area contributed by atoms with Gasteiger partial charge < -0.3 is 15.0 Å². The van der Waals surface area contributed by atoms with E-state index in [1.807, 2.05) is 48.4 Å². The van der Waals surface area contributed by atoms with Crippen LogP contribution in [0.25, 0.3) is 6.08 Å². The van der Waals surface area contributed by atoms with Gasteiger partial charge in [0.25, 0.3) is 5.91 Å². The van der Waals surface area contributed by atoms with Gasteiger partial charge in [0, 0.05) is 18.9 Å². The Bertz CT molecular complexity index is 1120. The van der Waals surface area contributed by atoms with Gasteiger partial charge in [0.05, 0.1) is 22.7 Å². The quantitative estimate of drug-likeness (QED) is 0.456. The van der Waals surface area contributed by atoms with Crippen molar-refractivity contribution in [2.45, 2.75) is 12.5 Å². The average Bonchev–Trinajstić information content (AvgIpc) is 2.83. The van der Waals surface area contributed by atoms with Crippen LogP contribution < -0.4 is 10.2 Å². The fourth-order valence-electron chi connectivity index (χ4n) is 3.07. The van der Waals surface area contributed by atoms with Gasteiger partial charge in [-0.05, 0) is 42.3 Å². The van der Waals surface area contributed by atoms with Crippen LogP contribution in [0.4, 0.5) is 11.5 Å². The third kappa shape index (κ3) is 6.31.